The Kier molecular flexibility index (Phi) is 7.54. The number of carboxylic acids is 1. The van der Waals surface area contributed by atoms with Crippen molar-refractivity contribution in [3.8, 4) is 0 Å². The van der Waals surface area contributed by atoms with Gasteiger partial charge in [-0.05, 0) is 17.0 Å². The van der Waals surface area contributed by atoms with Crippen LogP contribution in [0.25, 0.3) is 0 Å². The van der Waals surface area contributed by atoms with Crippen molar-refractivity contribution in [2.24, 2.45) is 5.92 Å². The molecule has 0 aliphatic heterocycles. The zero-order chi connectivity index (χ0) is 19.0. The van der Waals surface area contributed by atoms with E-state index in [9.17, 15) is 14.5 Å². The lowest BCUT2D eigenvalue weighted by molar-refractivity contribution is -0.148. The van der Waals surface area contributed by atoms with Crippen LogP contribution >= 0.6 is 7.82 Å². The number of hydrogen-bond donors (Lipinski definition) is 1. The van der Waals surface area contributed by atoms with Crippen molar-refractivity contribution in [1.82, 2.24) is 0 Å². The summed E-state index contributed by atoms with van der Waals surface area (Å²) in [4.78, 5) is 11.4. The van der Waals surface area contributed by atoms with E-state index in [1.165, 1.54) is 0 Å². The minimum atomic E-state index is -4.09. The standard InChI is InChI=1S/C19H23O6P/c1-15(2)18(19(20)21)25-26(22,23-13-16-9-5-3-6-10-16)24-14-17-11-7-4-8-12-17/h3-12,15,18H,13-14H2,1-2H3,(H,20,21)/t18-/m0/s1. The second kappa shape index (κ2) is 9.64. The summed E-state index contributed by atoms with van der Waals surface area (Å²) in [6.45, 7) is 3.30. The molecule has 2 aromatic carbocycles. The molecule has 0 radical (unpaired) electrons. The van der Waals surface area contributed by atoms with Crippen LogP contribution in [0, 0.1) is 5.92 Å². The molecule has 0 bridgehead atoms. The maximum atomic E-state index is 13.0. The van der Waals surface area contributed by atoms with Crippen molar-refractivity contribution in [3.05, 3.63) is 71.8 Å². The predicted octanol–water partition coefficient (Wildman–Crippen LogP) is 4.65. The highest BCUT2D eigenvalue weighted by molar-refractivity contribution is 7.48. The van der Waals surface area contributed by atoms with Crippen LogP contribution in [-0.4, -0.2) is 17.2 Å². The van der Waals surface area contributed by atoms with Gasteiger partial charge < -0.3 is 5.11 Å². The molecule has 0 amide bonds. The van der Waals surface area contributed by atoms with Gasteiger partial charge >= 0.3 is 13.8 Å². The zero-order valence-corrected chi connectivity index (χ0v) is 15.7. The van der Waals surface area contributed by atoms with E-state index >= 15 is 0 Å². The molecule has 26 heavy (non-hydrogen) atoms. The number of benzene rings is 2. The number of hydrogen-bond acceptors (Lipinski definition) is 5. The van der Waals surface area contributed by atoms with Crippen LogP contribution in [0.4, 0.5) is 0 Å². The van der Waals surface area contributed by atoms with Crippen LogP contribution in [-0.2, 0) is 36.1 Å². The van der Waals surface area contributed by atoms with Crippen molar-refractivity contribution in [2.45, 2.75) is 33.2 Å². The molecule has 1 atom stereocenters. The molecule has 7 heteroatoms. The van der Waals surface area contributed by atoms with Gasteiger partial charge in [0.25, 0.3) is 0 Å². The number of phosphoric ester groups is 1. The van der Waals surface area contributed by atoms with Gasteiger partial charge in [-0.1, -0.05) is 74.5 Å². The van der Waals surface area contributed by atoms with E-state index in [0.29, 0.717) is 0 Å². The monoisotopic (exact) mass is 378 g/mol. The Hall–Kier alpha value is -1.98. The number of phosphoric acid groups is 1. The predicted molar refractivity (Wildman–Crippen MR) is 97.4 cm³/mol. The largest absolute Gasteiger partial charge is 0.479 e. The summed E-state index contributed by atoms with van der Waals surface area (Å²) in [5.41, 5.74) is 1.55. The molecule has 0 heterocycles. The Morgan fingerprint density at radius 3 is 1.69 bits per heavy atom. The van der Waals surface area contributed by atoms with E-state index in [1.807, 2.05) is 36.4 Å². The Balaban J connectivity index is 2.12. The average molecular weight is 378 g/mol. The molecule has 2 rings (SSSR count). The van der Waals surface area contributed by atoms with Crippen LogP contribution in [0.1, 0.15) is 25.0 Å². The highest BCUT2D eigenvalue weighted by atomic mass is 31.2. The fourth-order valence-electron chi connectivity index (χ4n) is 2.14. The van der Waals surface area contributed by atoms with E-state index in [-0.39, 0.29) is 13.2 Å². The van der Waals surface area contributed by atoms with Gasteiger partial charge in [0.1, 0.15) is 0 Å². The zero-order valence-electron chi connectivity index (χ0n) is 14.8. The summed E-state index contributed by atoms with van der Waals surface area (Å²) in [7, 11) is -4.09. The number of carbonyl (C=O) groups is 1. The fraction of sp³-hybridized carbons (Fsp3) is 0.316. The average Bonchev–Trinajstić information content (AvgIpc) is 2.64. The van der Waals surface area contributed by atoms with E-state index in [2.05, 4.69) is 0 Å². The minimum absolute atomic E-state index is 0.0165. The highest BCUT2D eigenvalue weighted by Gasteiger charge is 2.36. The van der Waals surface area contributed by atoms with Crippen LogP contribution in [0.5, 0.6) is 0 Å². The first-order valence-electron chi connectivity index (χ1n) is 8.28. The third-order valence-corrected chi connectivity index (χ3v) is 4.93. The molecule has 0 aromatic heterocycles. The first-order valence-corrected chi connectivity index (χ1v) is 9.74. The highest BCUT2D eigenvalue weighted by Crippen LogP contribution is 2.52. The molecule has 6 nitrogen and oxygen atoms in total. The molecule has 0 fully saturated rings. The Bertz CT molecular complexity index is 685. The first-order chi connectivity index (χ1) is 12.4. The topological polar surface area (TPSA) is 82.1 Å². The normalized spacial score (nSPS) is 12.9. The summed E-state index contributed by atoms with van der Waals surface area (Å²) < 4.78 is 29.2. The van der Waals surface area contributed by atoms with Gasteiger partial charge in [0.15, 0.2) is 6.10 Å². The molecule has 0 saturated heterocycles. The van der Waals surface area contributed by atoms with E-state index in [4.69, 9.17) is 13.6 Å². The molecule has 0 spiro atoms. The molecule has 0 saturated carbocycles. The lowest BCUT2D eigenvalue weighted by Gasteiger charge is -2.23. The molecule has 0 aliphatic rings. The van der Waals surface area contributed by atoms with Crippen LogP contribution in [0.15, 0.2) is 60.7 Å². The maximum absolute atomic E-state index is 13.0. The second-order valence-corrected chi connectivity index (χ2v) is 7.70. The Morgan fingerprint density at radius 1 is 0.923 bits per heavy atom. The summed E-state index contributed by atoms with van der Waals surface area (Å²) in [5, 5.41) is 9.32. The summed E-state index contributed by atoms with van der Waals surface area (Å²) in [5.74, 6) is -1.62. The van der Waals surface area contributed by atoms with Crippen molar-refractivity contribution in [2.75, 3.05) is 0 Å². The fourth-order valence-corrected chi connectivity index (χ4v) is 3.57. The number of carboxylic acid groups (broad SMARTS) is 1. The van der Waals surface area contributed by atoms with E-state index in [0.717, 1.165) is 11.1 Å². The lowest BCUT2D eigenvalue weighted by Crippen LogP contribution is -2.29. The Morgan fingerprint density at radius 2 is 1.35 bits per heavy atom. The first kappa shape index (κ1) is 20.3. The van der Waals surface area contributed by atoms with Gasteiger partial charge in [-0.2, -0.15) is 0 Å². The minimum Gasteiger partial charge on any atom is -0.479 e. The SMILES string of the molecule is CC(C)[C@H](OP(=O)(OCc1ccccc1)OCc1ccccc1)C(=O)O. The lowest BCUT2D eigenvalue weighted by atomic mass is 10.1. The molecular formula is C19H23O6P. The van der Waals surface area contributed by atoms with E-state index < -0.39 is 25.8 Å². The molecule has 1 N–H and O–H groups in total. The molecular weight excluding hydrogens is 355 g/mol. The van der Waals surface area contributed by atoms with Crippen molar-refractivity contribution < 1.29 is 28.0 Å². The van der Waals surface area contributed by atoms with Crippen LogP contribution in [0.3, 0.4) is 0 Å². The third-order valence-electron chi connectivity index (χ3n) is 3.56. The molecule has 140 valence electrons. The molecule has 0 aliphatic carbocycles. The van der Waals surface area contributed by atoms with Gasteiger partial charge in [-0.15, -0.1) is 0 Å². The summed E-state index contributed by atoms with van der Waals surface area (Å²) in [6.07, 6.45) is -1.30. The van der Waals surface area contributed by atoms with Crippen molar-refractivity contribution in [1.29, 1.82) is 0 Å². The van der Waals surface area contributed by atoms with Crippen LogP contribution < -0.4 is 0 Å². The molecule has 0 unspecified atom stereocenters. The second-order valence-electron chi connectivity index (χ2n) is 6.07. The van der Waals surface area contributed by atoms with Crippen molar-refractivity contribution >= 4 is 13.8 Å². The van der Waals surface area contributed by atoms with Gasteiger partial charge in [-0.3, -0.25) is 13.6 Å². The smallest absolute Gasteiger partial charge is 0.476 e. The number of aliphatic carboxylic acids is 1. The summed E-state index contributed by atoms with van der Waals surface area (Å²) in [6, 6.07) is 18.2. The van der Waals surface area contributed by atoms with Gasteiger partial charge in [0.2, 0.25) is 0 Å². The quantitative estimate of drug-likeness (QED) is 0.606. The summed E-state index contributed by atoms with van der Waals surface area (Å²) >= 11 is 0. The van der Waals surface area contributed by atoms with Gasteiger partial charge in [0, 0.05) is 0 Å². The third kappa shape index (κ3) is 6.39. The number of rotatable bonds is 10. The van der Waals surface area contributed by atoms with E-state index in [1.54, 1.807) is 38.1 Å². The Labute approximate surface area is 153 Å². The van der Waals surface area contributed by atoms with Crippen molar-refractivity contribution in [3.63, 3.8) is 0 Å². The molecule has 2 aromatic rings. The maximum Gasteiger partial charge on any atom is 0.476 e. The van der Waals surface area contributed by atoms with Gasteiger partial charge in [-0.25, -0.2) is 9.36 Å². The van der Waals surface area contributed by atoms with Gasteiger partial charge in [0.05, 0.1) is 13.2 Å². The van der Waals surface area contributed by atoms with Crippen LogP contribution in [0.2, 0.25) is 0 Å².